The van der Waals surface area contributed by atoms with Crippen LogP contribution in [-0.2, 0) is 19.1 Å². The number of carbonyl (C=O) groups is 2. The zero-order chi connectivity index (χ0) is 22.0. The first-order chi connectivity index (χ1) is 12.5. The van der Waals surface area contributed by atoms with Crippen molar-refractivity contribution >= 4 is 11.9 Å². The molecule has 3 N–H and O–H groups in total. The van der Waals surface area contributed by atoms with Gasteiger partial charge in [0.05, 0.1) is 17.9 Å². The molecule has 0 aromatic rings. The average Bonchev–Trinajstić information content (AvgIpc) is 2.44. The summed E-state index contributed by atoms with van der Waals surface area (Å²) in [7, 11) is 0. The molecular formula is C20H37NO7. The van der Waals surface area contributed by atoms with Crippen LogP contribution in [0.2, 0.25) is 0 Å². The fraction of sp³-hybridized carbons (Fsp3) is 0.900. The van der Waals surface area contributed by atoms with E-state index in [9.17, 15) is 24.9 Å². The van der Waals surface area contributed by atoms with Gasteiger partial charge < -0.3 is 24.8 Å². The van der Waals surface area contributed by atoms with Gasteiger partial charge in [-0.1, -0.05) is 0 Å². The van der Waals surface area contributed by atoms with E-state index in [1.165, 1.54) is 18.7 Å². The van der Waals surface area contributed by atoms with Crippen molar-refractivity contribution in [1.29, 1.82) is 0 Å². The van der Waals surface area contributed by atoms with Crippen LogP contribution in [0.3, 0.4) is 0 Å². The average molecular weight is 404 g/mol. The van der Waals surface area contributed by atoms with Crippen LogP contribution in [0.25, 0.3) is 0 Å². The first kappa shape index (κ1) is 24.8. The molecule has 1 saturated carbocycles. The molecule has 0 aromatic carbocycles. The number of nitrogens with zero attached hydrogens (tertiary/aromatic N) is 1. The molecule has 0 amide bonds. The third-order valence-corrected chi connectivity index (χ3v) is 4.59. The number of ether oxygens (including phenoxy) is 2. The van der Waals surface area contributed by atoms with E-state index < -0.39 is 59.6 Å². The maximum Gasteiger partial charge on any atom is 0.310 e. The lowest BCUT2D eigenvalue weighted by Gasteiger charge is -2.45. The van der Waals surface area contributed by atoms with Gasteiger partial charge in [-0.05, 0) is 68.2 Å². The smallest absolute Gasteiger partial charge is 0.310 e. The van der Waals surface area contributed by atoms with Gasteiger partial charge in [-0.3, -0.25) is 9.59 Å². The van der Waals surface area contributed by atoms with Gasteiger partial charge in [0, 0.05) is 6.04 Å². The normalized spacial score (nSPS) is 28.6. The SMILES string of the molecule is CC(O)N(C(C)O)C1CC(C(=O)OC(C)(C)C)C(C(=O)OC(C)(C)C)CC1O. The Morgan fingerprint density at radius 3 is 1.54 bits per heavy atom. The highest BCUT2D eigenvalue weighted by molar-refractivity contribution is 5.83. The molecule has 0 aromatic heterocycles. The molecule has 1 aliphatic carbocycles. The van der Waals surface area contributed by atoms with Crippen LogP contribution >= 0.6 is 0 Å². The Labute approximate surface area is 167 Å². The van der Waals surface area contributed by atoms with Gasteiger partial charge in [0.1, 0.15) is 23.7 Å². The van der Waals surface area contributed by atoms with Gasteiger partial charge in [-0.2, -0.15) is 0 Å². The second-order valence-corrected chi connectivity index (χ2v) is 9.60. The van der Waals surface area contributed by atoms with Crippen molar-refractivity contribution in [3.8, 4) is 0 Å². The summed E-state index contributed by atoms with van der Waals surface area (Å²) in [6, 6.07) is -0.712. The highest BCUT2D eigenvalue weighted by Crippen LogP contribution is 2.37. The van der Waals surface area contributed by atoms with Crippen LogP contribution in [0.5, 0.6) is 0 Å². The first-order valence-corrected chi connectivity index (χ1v) is 9.81. The molecule has 1 fully saturated rings. The summed E-state index contributed by atoms with van der Waals surface area (Å²) < 4.78 is 11.0. The van der Waals surface area contributed by atoms with Gasteiger partial charge in [-0.25, -0.2) is 4.90 Å². The summed E-state index contributed by atoms with van der Waals surface area (Å²) in [6.45, 7) is 13.4. The van der Waals surface area contributed by atoms with E-state index in [2.05, 4.69) is 0 Å². The zero-order valence-corrected chi connectivity index (χ0v) is 18.3. The third-order valence-electron chi connectivity index (χ3n) is 4.59. The van der Waals surface area contributed by atoms with E-state index in [4.69, 9.17) is 9.47 Å². The van der Waals surface area contributed by atoms with E-state index in [0.717, 1.165) is 0 Å². The van der Waals surface area contributed by atoms with Gasteiger partial charge >= 0.3 is 11.9 Å². The summed E-state index contributed by atoms with van der Waals surface area (Å²) in [5.41, 5.74) is -1.47. The molecule has 0 heterocycles. The Hall–Kier alpha value is -1.22. The highest BCUT2D eigenvalue weighted by Gasteiger charge is 2.49. The number of rotatable bonds is 5. The highest BCUT2D eigenvalue weighted by atomic mass is 16.6. The number of carbonyl (C=O) groups excluding carboxylic acids is 2. The van der Waals surface area contributed by atoms with Gasteiger partial charge in [0.25, 0.3) is 0 Å². The van der Waals surface area contributed by atoms with Crippen molar-refractivity contribution in [1.82, 2.24) is 4.90 Å². The van der Waals surface area contributed by atoms with Crippen LogP contribution in [0, 0.1) is 11.8 Å². The number of aliphatic hydroxyl groups excluding tert-OH is 3. The molecule has 6 atom stereocenters. The Bertz CT molecular complexity index is 540. The largest absolute Gasteiger partial charge is 0.460 e. The number of hydrogen-bond acceptors (Lipinski definition) is 8. The molecule has 6 unspecified atom stereocenters. The van der Waals surface area contributed by atoms with Crippen molar-refractivity contribution in [2.75, 3.05) is 0 Å². The summed E-state index contributed by atoms with van der Waals surface area (Å²) >= 11 is 0. The summed E-state index contributed by atoms with van der Waals surface area (Å²) in [5.74, 6) is -2.86. The Balaban J connectivity index is 3.20. The minimum Gasteiger partial charge on any atom is -0.460 e. The number of esters is 2. The van der Waals surface area contributed by atoms with Crippen molar-refractivity contribution < 1.29 is 34.4 Å². The number of aliphatic hydroxyl groups is 3. The zero-order valence-electron chi connectivity index (χ0n) is 18.3. The molecule has 0 aliphatic heterocycles. The van der Waals surface area contributed by atoms with Crippen molar-refractivity contribution in [3.63, 3.8) is 0 Å². The molecule has 8 nitrogen and oxygen atoms in total. The lowest BCUT2D eigenvalue weighted by atomic mass is 9.74. The fourth-order valence-electron chi connectivity index (χ4n) is 3.63. The standard InChI is InChI=1S/C20H37NO7/c1-11(22)21(12(2)23)15-9-13(17(25)27-19(3,4)5)14(10-16(15)24)18(26)28-20(6,7)8/h11-16,22-24H,9-10H2,1-8H3. The van der Waals surface area contributed by atoms with Gasteiger partial charge in [-0.15, -0.1) is 0 Å². The fourth-order valence-corrected chi connectivity index (χ4v) is 3.63. The summed E-state index contributed by atoms with van der Waals surface area (Å²) in [5, 5.41) is 30.7. The van der Waals surface area contributed by atoms with Gasteiger partial charge in [0.2, 0.25) is 0 Å². The molecule has 0 bridgehead atoms. The second kappa shape index (κ2) is 9.07. The monoisotopic (exact) mass is 403 g/mol. The molecule has 164 valence electrons. The molecule has 8 heteroatoms. The molecular weight excluding hydrogens is 366 g/mol. The van der Waals surface area contributed by atoms with E-state index in [0.29, 0.717) is 0 Å². The third kappa shape index (κ3) is 6.99. The van der Waals surface area contributed by atoms with Crippen molar-refractivity contribution in [3.05, 3.63) is 0 Å². The molecule has 0 radical (unpaired) electrons. The molecule has 1 aliphatic rings. The van der Waals surface area contributed by atoms with Gasteiger partial charge in [0.15, 0.2) is 0 Å². The summed E-state index contributed by atoms with van der Waals surface area (Å²) in [6.07, 6.45) is -3.09. The van der Waals surface area contributed by atoms with E-state index in [1.807, 2.05) is 0 Å². The van der Waals surface area contributed by atoms with Crippen LogP contribution in [-0.4, -0.2) is 68.0 Å². The molecule has 1 rings (SSSR count). The summed E-state index contributed by atoms with van der Waals surface area (Å²) in [4.78, 5) is 26.9. The van der Waals surface area contributed by atoms with E-state index >= 15 is 0 Å². The van der Waals surface area contributed by atoms with Crippen LogP contribution < -0.4 is 0 Å². The van der Waals surface area contributed by atoms with Crippen LogP contribution in [0.1, 0.15) is 68.2 Å². The molecule has 0 saturated heterocycles. The lowest BCUT2D eigenvalue weighted by Crippen LogP contribution is -2.58. The van der Waals surface area contributed by atoms with E-state index in [-0.39, 0.29) is 12.8 Å². The molecule has 0 spiro atoms. The maximum atomic E-state index is 12.9. The number of hydrogen-bond donors (Lipinski definition) is 3. The second-order valence-electron chi connectivity index (χ2n) is 9.60. The first-order valence-electron chi connectivity index (χ1n) is 9.81. The van der Waals surface area contributed by atoms with E-state index in [1.54, 1.807) is 41.5 Å². The minimum absolute atomic E-state index is 0.0283. The Morgan fingerprint density at radius 2 is 1.21 bits per heavy atom. The van der Waals surface area contributed by atoms with Crippen molar-refractivity contribution in [2.24, 2.45) is 11.8 Å². The van der Waals surface area contributed by atoms with Crippen LogP contribution in [0.4, 0.5) is 0 Å². The topological polar surface area (TPSA) is 117 Å². The lowest BCUT2D eigenvalue weighted by molar-refractivity contribution is -0.188. The van der Waals surface area contributed by atoms with Crippen LogP contribution in [0.15, 0.2) is 0 Å². The minimum atomic E-state index is -1.04. The predicted octanol–water partition coefficient (Wildman–Crippen LogP) is 1.40. The maximum absolute atomic E-state index is 12.9. The molecule has 28 heavy (non-hydrogen) atoms. The Morgan fingerprint density at radius 1 is 0.857 bits per heavy atom. The Kier molecular flexibility index (Phi) is 8.04. The quantitative estimate of drug-likeness (QED) is 0.466. The predicted molar refractivity (Wildman–Crippen MR) is 103 cm³/mol. The van der Waals surface area contributed by atoms with Crippen molar-refractivity contribution in [2.45, 2.75) is 104 Å².